The predicted molar refractivity (Wildman–Crippen MR) is 76.0 cm³/mol. The van der Waals surface area contributed by atoms with E-state index in [9.17, 15) is 19.2 Å². The van der Waals surface area contributed by atoms with Crippen LogP contribution in [0.2, 0.25) is 0 Å². The molecule has 0 aliphatic rings. The predicted octanol–water partition coefficient (Wildman–Crippen LogP) is 0.480. The summed E-state index contributed by atoms with van der Waals surface area (Å²) in [6.45, 7) is 0. The first-order valence-corrected chi connectivity index (χ1v) is 6.50. The number of amides is 1. The number of ether oxygens (including phenoxy) is 2. The molecule has 0 bridgehead atoms. The molecule has 0 aliphatic carbocycles. The van der Waals surface area contributed by atoms with Crippen molar-refractivity contribution in [2.45, 2.75) is 18.9 Å². The van der Waals surface area contributed by atoms with Crippen molar-refractivity contribution in [3.05, 3.63) is 35.9 Å². The molecule has 0 saturated heterocycles. The zero-order valence-electron chi connectivity index (χ0n) is 12.3. The van der Waals surface area contributed by atoms with Gasteiger partial charge in [-0.15, -0.1) is 0 Å². The molecule has 22 heavy (non-hydrogen) atoms. The van der Waals surface area contributed by atoms with Crippen LogP contribution in [0.25, 0.3) is 0 Å². The number of carbonyl (C=O) groups excluding carboxylic acids is 4. The monoisotopic (exact) mass is 307 g/mol. The maximum atomic E-state index is 12.0. The highest BCUT2D eigenvalue weighted by atomic mass is 16.5. The molecule has 0 heterocycles. The summed E-state index contributed by atoms with van der Waals surface area (Å²) in [5.74, 6) is -2.51. The summed E-state index contributed by atoms with van der Waals surface area (Å²) >= 11 is 0. The zero-order valence-corrected chi connectivity index (χ0v) is 12.3. The summed E-state index contributed by atoms with van der Waals surface area (Å²) in [7, 11) is 2.30. The molecule has 0 radical (unpaired) electrons. The maximum Gasteiger partial charge on any atom is 0.328 e. The molecule has 118 valence electrons. The van der Waals surface area contributed by atoms with Crippen molar-refractivity contribution >= 4 is 23.6 Å². The molecule has 0 aromatic heterocycles. The van der Waals surface area contributed by atoms with E-state index in [0.717, 1.165) is 14.2 Å². The molecule has 0 unspecified atom stereocenters. The summed E-state index contributed by atoms with van der Waals surface area (Å²) in [6, 6.07) is 7.07. The van der Waals surface area contributed by atoms with Crippen LogP contribution in [0.3, 0.4) is 0 Å². The Kier molecular flexibility index (Phi) is 6.75. The van der Waals surface area contributed by atoms with Gasteiger partial charge in [-0.1, -0.05) is 18.2 Å². The van der Waals surface area contributed by atoms with E-state index < -0.39 is 36.1 Å². The van der Waals surface area contributed by atoms with Crippen LogP contribution in [0.15, 0.2) is 30.3 Å². The van der Waals surface area contributed by atoms with E-state index in [4.69, 9.17) is 0 Å². The lowest BCUT2D eigenvalue weighted by atomic mass is 10.1. The van der Waals surface area contributed by atoms with Crippen molar-refractivity contribution < 1.29 is 28.7 Å². The number of Topliss-reactive ketones (excluding diaryl/α,β-unsaturated/α-hetero) is 1. The van der Waals surface area contributed by atoms with Gasteiger partial charge in [0.15, 0.2) is 0 Å². The Labute approximate surface area is 127 Å². The lowest BCUT2D eigenvalue weighted by Crippen LogP contribution is -2.43. The molecule has 0 saturated carbocycles. The number of methoxy groups -OCH3 is 2. The van der Waals surface area contributed by atoms with Gasteiger partial charge >= 0.3 is 11.9 Å². The molecule has 7 heteroatoms. The van der Waals surface area contributed by atoms with Gasteiger partial charge in [-0.2, -0.15) is 0 Å². The van der Waals surface area contributed by atoms with E-state index in [1.165, 1.54) is 0 Å². The Morgan fingerprint density at radius 1 is 1.05 bits per heavy atom. The van der Waals surface area contributed by atoms with Gasteiger partial charge < -0.3 is 14.8 Å². The van der Waals surface area contributed by atoms with Crippen LogP contribution in [0, 0.1) is 0 Å². The second-order valence-corrected chi connectivity index (χ2v) is 4.41. The molecule has 7 nitrogen and oxygen atoms in total. The van der Waals surface area contributed by atoms with Crippen LogP contribution in [0.5, 0.6) is 0 Å². The standard InChI is InChI=1S/C15H17NO6/c1-21-13(18)9-11(17)8-12(15(20)22-2)16-14(19)10-6-4-3-5-7-10/h3-7,12H,8-9H2,1-2H3,(H,16,19)/t12-/m0/s1. The Hall–Kier alpha value is -2.70. The van der Waals surface area contributed by atoms with E-state index in [2.05, 4.69) is 14.8 Å². The smallest absolute Gasteiger partial charge is 0.328 e. The third kappa shape index (κ3) is 5.35. The van der Waals surface area contributed by atoms with Crippen molar-refractivity contribution in [1.82, 2.24) is 5.32 Å². The number of benzene rings is 1. The van der Waals surface area contributed by atoms with Crippen LogP contribution in [-0.2, 0) is 23.9 Å². The molecular weight excluding hydrogens is 290 g/mol. The number of hydrogen-bond acceptors (Lipinski definition) is 6. The lowest BCUT2D eigenvalue weighted by molar-refractivity contribution is -0.147. The third-order valence-electron chi connectivity index (χ3n) is 2.83. The van der Waals surface area contributed by atoms with Gasteiger partial charge in [0, 0.05) is 12.0 Å². The second-order valence-electron chi connectivity index (χ2n) is 4.41. The molecule has 1 rings (SSSR count). The number of carbonyl (C=O) groups is 4. The first-order valence-electron chi connectivity index (χ1n) is 6.50. The van der Waals surface area contributed by atoms with Gasteiger partial charge in [0.05, 0.1) is 14.2 Å². The number of hydrogen-bond donors (Lipinski definition) is 1. The Balaban J connectivity index is 2.73. The first kappa shape index (κ1) is 17.4. The minimum Gasteiger partial charge on any atom is -0.469 e. The highest BCUT2D eigenvalue weighted by molar-refractivity contribution is 6.00. The van der Waals surface area contributed by atoms with Crippen LogP contribution in [-0.4, -0.2) is 43.9 Å². The molecule has 1 aromatic rings. The largest absolute Gasteiger partial charge is 0.469 e. The molecule has 0 spiro atoms. The Bertz CT molecular complexity index is 554. The van der Waals surface area contributed by atoms with Crippen LogP contribution >= 0.6 is 0 Å². The highest BCUT2D eigenvalue weighted by Gasteiger charge is 2.26. The Morgan fingerprint density at radius 3 is 2.23 bits per heavy atom. The second kappa shape index (κ2) is 8.56. The van der Waals surface area contributed by atoms with Gasteiger partial charge in [0.2, 0.25) is 0 Å². The normalized spacial score (nSPS) is 11.2. The van der Waals surface area contributed by atoms with E-state index in [1.807, 2.05) is 0 Å². The summed E-state index contributed by atoms with van der Waals surface area (Å²) in [5.41, 5.74) is 0.344. The van der Waals surface area contributed by atoms with Crippen molar-refractivity contribution in [1.29, 1.82) is 0 Å². The van der Waals surface area contributed by atoms with Crippen molar-refractivity contribution in [2.24, 2.45) is 0 Å². The minimum atomic E-state index is -1.16. The quantitative estimate of drug-likeness (QED) is 0.581. The molecule has 1 amide bonds. The minimum absolute atomic E-state index is 0.344. The highest BCUT2D eigenvalue weighted by Crippen LogP contribution is 2.04. The zero-order chi connectivity index (χ0) is 16.5. The molecule has 0 aliphatic heterocycles. The average Bonchev–Trinajstić information content (AvgIpc) is 2.53. The molecule has 0 fully saturated rings. The fraction of sp³-hybridized carbons (Fsp3) is 0.333. The number of rotatable bonds is 7. The number of ketones is 1. The number of esters is 2. The van der Waals surface area contributed by atoms with E-state index in [-0.39, 0.29) is 6.42 Å². The van der Waals surface area contributed by atoms with Crippen molar-refractivity contribution in [3.63, 3.8) is 0 Å². The molecule has 1 atom stereocenters. The van der Waals surface area contributed by atoms with Gasteiger partial charge in [0.25, 0.3) is 5.91 Å². The molecule has 1 aromatic carbocycles. The fourth-order valence-electron chi connectivity index (χ4n) is 1.70. The van der Waals surface area contributed by atoms with Gasteiger partial charge in [-0.25, -0.2) is 4.79 Å². The van der Waals surface area contributed by atoms with E-state index >= 15 is 0 Å². The molecular formula is C15H17NO6. The SMILES string of the molecule is COC(=O)CC(=O)C[C@H](NC(=O)c1ccccc1)C(=O)OC. The number of nitrogens with one attached hydrogen (secondary N) is 1. The fourth-order valence-corrected chi connectivity index (χ4v) is 1.70. The van der Waals surface area contributed by atoms with Crippen molar-refractivity contribution in [3.8, 4) is 0 Å². The topological polar surface area (TPSA) is 98.8 Å². The summed E-state index contributed by atoms with van der Waals surface area (Å²) < 4.78 is 8.94. The lowest BCUT2D eigenvalue weighted by Gasteiger charge is -2.15. The maximum absolute atomic E-state index is 12.0. The van der Waals surface area contributed by atoms with Crippen molar-refractivity contribution in [2.75, 3.05) is 14.2 Å². The summed E-state index contributed by atoms with van der Waals surface area (Å²) in [4.78, 5) is 46.4. The summed E-state index contributed by atoms with van der Waals surface area (Å²) in [6.07, 6.45) is -0.814. The summed E-state index contributed by atoms with van der Waals surface area (Å²) in [5, 5.41) is 2.42. The Morgan fingerprint density at radius 2 is 1.68 bits per heavy atom. The van der Waals surface area contributed by atoms with E-state index in [0.29, 0.717) is 5.56 Å². The molecule has 1 N–H and O–H groups in total. The van der Waals surface area contributed by atoms with Crippen LogP contribution < -0.4 is 5.32 Å². The third-order valence-corrected chi connectivity index (χ3v) is 2.83. The van der Waals surface area contributed by atoms with Gasteiger partial charge in [-0.3, -0.25) is 14.4 Å². The van der Waals surface area contributed by atoms with E-state index in [1.54, 1.807) is 30.3 Å². The first-order chi connectivity index (χ1) is 10.5. The van der Waals surface area contributed by atoms with Crippen LogP contribution in [0.4, 0.5) is 0 Å². The van der Waals surface area contributed by atoms with Gasteiger partial charge in [-0.05, 0) is 12.1 Å². The average molecular weight is 307 g/mol. The van der Waals surface area contributed by atoms with Gasteiger partial charge in [0.1, 0.15) is 18.2 Å². The van der Waals surface area contributed by atoms with Crippen LogP contribution in [0.1, 0.15) is 23.2 Å².